The van der Waals surface area contributed by atoms with Crippen LogP contribution >= 0.6 is 0 Å². The molecule has 2 amide bonds. The number of hydrogen-bond acceptors (Lipinski definition) is 7. The first kappa shape index (κ1) is 22.9. The van der Waals surface area contributed by atoms with Crippen molar-refractivity contribution in [1.29, 1.82) is 0 Å². The summed E-state index contributed by atoms with van der Waals surface area (Å²) in [6.07, 6.45) is -6.50. The van der Waals surface area contributed by atoms with E-state index in [9.17, 15) is 30.0 Å². The van der Waals surface area contributed by atoms with Crippen molar-refractivity contribution in [3.05, 3.63) is 59.2 Å². The Bertz CT molecular complexity index is 963. The van der Waals surface area contributed by atoms with E-state index in [0.29, 0.717) is 16.7 Å². The van der Waals surface area contributed by atoms with Crippen LogP contribution in [0.4, 0.5) is 0 Å². The van der Waals surface area contributed by atoms with E-state index in [1.807, 2.05) is 0 Å². The van der Waals surface area contributed by atoms with Crippen LogP contribution in [0.5, 0.6) is 0 Å². The van der Waals surface area contributed by atoms with Crippen LogP contribution in [0.3, 0.4) is 0 Å². The molecular formula is C22H26N2O7. The molecule has 166 valence electrons. The molecule has 0 radical (unpaired) electrons. The molecule has 1 aliphatic rings. The van der Waals surface area contributed by atoms with Gasteiger partial charge in [0.2, 0.25) is 0 Å². The van der Waals surface area contributed by atoms with E-state index >= 15 is 0 Å². The van der Waals surface area contributed by atoms with Crippen molar-refractivity contribution >= 4 is 11.8 Å². The van der Waals surface area contributed by atoms with Crippen LogP contribution in [0.15, 0.2) is 42.5 Å². The lowest BCUT2D eigenvalue weighted by molar-refractivity contribution is -0.231. The Kier molecular flexibility index (Phi) is 7.04. The van der Waals surface area contributed by atoms with Gasteiger partial charge in [0.25, 0.3) is 11.8 Å². The second-order valence-corrected chi connectivity index (χ2v) is 7.26. The van der Waals surface area contributed by atoms with E-state index in [2.05, 4.69) is 10.6 Å². The molecule has 0 saturated carbocycles. The third kappa shape index (κ3) is 4.32. The van der Waals surface area contributed by atoms with Gasteiger partial charge < -0.3 is 35.8 Å². The Labute approximate surface area is 179 Å². The molecule has 5 atom stereocenters. The molecule has 9 heteroatoms. The van der Waals surface area contributed by atoms with Crippen LogP contribution in [0.1, 0.15) is 32.4 Å². The topological polar surface area (TPSA) is 148 Å². The summed E-state index contributed by atoms with van der Waals surface area (Å²) >= 11 is 0. The van der Waals surface area contributed by atoms with Crippen LogP contribution in [-0.4, -0.2) is 77.4 Å². The Balaban J connectivity index is 2.10. The first-order chi connectivity index (χ1) is 14.8. The molecule has 0 aliphatic carbocycles. The molecule has 1 fully saturated rings. The second kappa shape index (κ2) is 9.54. The zero-order chi connectivity index (χ0) is 22.7. The van der Waals surface area contributed by atoms with Crippen LogP contribution in [-0.2, 0) is 4.74 Å². The SMILES string of the molecule is CNC(=O)c1ccc(-c2ccccc2[C@H]2O[C@H](CO)[C@@H](O)[C@H](O)[C@@H]2O)cc1C(=O)NC. The fourth-order valence-corrected chi connectivity index (χ4v) is 3.73. The van der Waals surface area contributed by atoms with Crippen molar-refractivity contribution < 1.29 is 34.8 Å². The van der Waals surface area contributed by atoms with Gasteiger partial charge in [-0.15, -0.1) is 0 Å². The van der Waals surface area contributed by atoms with Crippen molar-refractivity contribution in [2.24, 2.45) is 0 Å². The Morgan fingerprint density at radius 1 is 0.903 bits per heavy atom. The van der Waals surface area contributed by atoms with Crippen molar-refractivity contribution in [3.8, 4) is 11.1 Å². The largest absolute Gasteiger partial charge is 0.394 e. The first-order valence-electron chi connectivity index (χ1n) is 9.82. The maximum atomic E-state index is 12.4. The Morgan fingerprint density at radius 3 is 2.19 bits per heavy atom. The average molecular weight is 430 g/mol. The van der Waals surface area contributed by atoms with Crippen molar-refractivity contribution in [2.45, 2.75) is 30.5 Å². The van der Waals surface area contributed by atoms with Crippen molar-refractivity contribution in [3.63, 3.8) is 0 Å². The molecule has 31 heavy (non-hydrogen) atoms. The average Bonchev–Trinajstić information content (AvgIpc) is 2.81. The number of carbonyl (C=O) groups is 2. The van der Waals surface area contributed by atoms with E-state index in [-0.39, 0.29) is 11.1 Å². The second-order valence-electron chi connectivity index (χ2n) is 7.26. The molecule has 0 aromatic heterocycles. The van der Waals surface area contributed by atoms with Crippen LogP contribution < -0.4 is 10.6 Å². The van der Waals surface area contributed by atoms with E-state index in [1.165, 1.54) is 20.2 Å². The molecule has 0 bridgehead atoms. The number of nitrogens with one attached hydrogen (secondary N) is 2. The normalized spacial score (nSPS) is 25.7. The zero-order valence-electron chi connectivity index (χ0n) is 17.1. The molecule has 3 rings (SSSR count). The van der Waals surface area contributed by atoms with E-state index < -0.39 is 48.9 Å². The molecule has 2 aromatic rings. The number of hydrogen-bond donors (Lipinski definition) is 6. The summed E-state index contributed by atoms with van der Waals surface area (Å²) in [6, 6.07) is 11.7. The lowest BCUT2D eigenvalue weighted by atomic mass is 9.86. The molecular weight excluding hydrogens is 404 g/mol. The van der Waals surface area contributed by atoms with Gasteiger partial charge in [-0.1, -0.05) is 30.3 Å². The van der Waals surface area contributed by atoms with E-state index in [4.69, 9.17) is 4.74 Å². The number of aliphatic hydroxyl groups excluding tert-OH is 4. The highest BCUT2D eigenvalue weighted by molar-refractivity contribution is 6.08. The molecule has 1 aliphatic heterocycles. The Hall–Kier alpha value is -2.82. The highest BCUT2D eigenvalue weighted by Gasteiger charge is 2.44. The summed E-state index contributed by atoms with van der Waals surface area (Å²) in [4.78, 5) is 24.6. The molecule has 2 aromatic carbocycles. The predicted octanol–water partition coefficient (Wildman–Crippen LogP) is -0.412. The molecule has 0 spiro atoms. The molecule has 6 N–H and O–H groups in total. The molecule has 0 unspecified atom stereocenters. The summed E-state index contributed by atoms with van der Waals surface area (Å²) in [7, 11) is 2.93. The van der Waals surface area contributed by atoms with Gasteiger partial charge in [-0.3, -0.25) is 9.59 Å². The molecule has 1 saturated heterocycles. The third-order valence-corrected chi connectivity index (χ3v) is 5.43. The maximum Gasteiger partial charge on any atom is 0.251 e. The summed E-state index contributed by atoms with van der Waals surface area (Å²) in [5.74, 6) is -0.849. The fourth-order valence-electron chi connectivity index (χ4n) is 3.73. The van der Waals surface area contributed by atoms with Gasteiger partial charge in [0.1, 0.15) is 30.5 Å². The number of carbonyl (C=O) groups excluding carboxylic acids is 2. The van der Waals surface area contributed by atoms with Gasteiger partial charge in [0.15, 0.2) is 0 Å². The summed E-state index contributed by atoms with van der Waals surface area (Å²) in [5.41, 5.74) is 2.05. The lowest BCUT2D eigenvalue weighted by Gasteiger charge is -2.40. The van der Waals surface area contributed by atoms with Crippen LogP contribution in [0, 0.1) is 0 Å². The van der Waals surface area contributed by atoms with Crippen LogP contribution in [0.25, 0.3) is 11.1 Å². The lowest BCUT2D eigenvalue weighted by Crippen LogP contribution is -2.55. The number of rotatable bonds is 5. The number of benzene rings is 2. The van der Waals surface area contributed by atoms with Crippen molar-refractivity contribution in [2.75, 3.05) is 20.7 Å². The minimum absolute atomic E-state index is 0.169. The fraction of sp³-hybridized carbons (Fsp3) is 0.364. The highest BCUT2D eigenvalue weighted by Crippen LogP contribution is 2.38. The standard InChI is InChI=1S/C22H26N2O7/c1-23-21(29)14-8-7-11(9-15(14)22(30)24-2)12-5-3-4-6-13(12)20-19(28)18(27)17(26)16(10-25)31-20/h3-9,16-20,25-28H,10H2,1-2H3,(H,23,29)(H,24,30)/t16-,17-,18+,19+,20-/m1/s1. The van der Waals surface area contributed by atoms with E-state index in [1.54, 1.807) is 36.4 Å². The van der Waals surface area contributed by atoms with Gasteiger partial charge >= 0.3 is 0 Å². The van der Waals surface area contributed by atoms with Gasteiger partial charge in [0, 0.05) is 14.1 Å². The number of amides is 2. The Morgan fingerprint density at radius 2 is 1.55 bits per heavy atom. The molecule has 9 nitrogen and oxygen atoms in total. The van der Waals surface area contributed by atoms with Gasteiger partial charge in [-0.2, -0.15) is 0 Å². The molecule has 1 heterocycles. The van der Waals surface area contributed by atoms with Crippen molar-refractivity contribution in [1.82, 2.24) is 10.6 Å². The minimum atomic E-state index is -1.51. The summed E-state index contributed by atoms with van der Waals surface area (Å²) < 4.78 is 5.70. The van der Waals surface area contributed by atoms with E-state index in [0.717, 1.165) is 0 Å². The quantitative estimate of drug-likeness (QED) is 0.378. The highest BCUT2D eigenvalue weighted by atomic mass is 16.5. The minimum Gasteiger partial charge on any atom is -0.394 e. The summed E-state index contributed by atoms with van der Waals surface area (Å²) in [6.45, 7) is -0.536. The smallest absolute Gasteiger partial charge is 0.251 e. The zero-order valence-corrected chi connectivity index (χ0v) is 17.1. The third-order valence-electron chi connectivity index (χ3n) is 5.43. The van der Waals surface area contributed by atoms with Gasteiger partial charge in [-0.25, -0.2) is 0 Å². The predicted molar refractivity (Wildman–Crippen MR) is 111 cm³/mol. The monoisotopic (exact) mass is 430 g/mol. The maximum absolute atomic E-state index is 12.4. The van der Waals surface area contributed by atoms with Gasteiger partial charge in [0.05, 0.1) is 17.7 Å². The number of ether oxygens (including phenoxy) is 1. The summed E-state index contributed by atoms with van der Waals surface area (Å²) in [5, 5.41) is 45.3. The first-order valence-corrected chi connectivity index (χ1v) is 9.82. The number of aliphatic hydroxyl groups is 4. The van der Waals surface area contributed by atoms with Crippen LogP contribution in [0.2, 0.25) is 0 Å². The van der Waals surface area contributed by atoms with Gasteiger partial charge in [-0.05, 0) is 28.8 Å².